The topological polar surface area (TPSA) is 107 Å². The molecule has 4 amide bonds. The molecule has 0 spiro atoms. The van der Waals surface area contributed by atoms with Crippen molar-refractivity contribution in [3.63, 3.8) is 0 Å². The fraction of sp³-hybridized carbons (Fsp3) is 0.600. The number of urea groups is 1. The predicted molar refractivity (Wildman–Crippen MR) is 83.7 cm³/mol. The SMILES string of the molecule is Cc1n[nH]c(C)c1CCCN(C)C(=O)CCC1NC(=O)NC1=O. The number of hydrogen-bond donors (Lipinski definition) is 3. The standard InChI is InChI=1S/C15H23N5O3/c1-9-11(10(2)19-18-9)5-4-8-20(3)13(21)7-6-12-14(22)17-15(23)16-12/h12H,4-8H2,1-3H3,(H,18,19)(H2,16,17,22,23). The molecule has 2 heterocycles. The Morgan fingerprint density at radius 3 is 2.61 bits per heavy atom. The molecule has 1 aliphatic rings. The molecule has 1 aromatic heterocycles. The molecule has 8 heteroatoms. The van der Waals surface area contributed by atoms with Gasteiger partial charge in [0.2, 0.25) is 5.91 Å². The van der Waals surface area contributed by atoms with E-state index in [4.69, 9.17) is 0 Å². The third-order valence-corrected chi connectivity index (χ3v) is 4.13. The van der Waals surface area contributed by atoms with E-state index in [0.717, 1.165) is 24.2 Å². The number of carbonyl (C=O) groups excluding carboxylic acids is 3. The first kappa shape index (κ1) is 17.0. The van der Waals surface area contributed by atoms with Crippen molar-refractivity contribution in [2.24, 2.45) is 0 Å². The van der Waals surface area contributed by atoms with Crippen molar-refractivity contribution >= 4 is 17.8 Å². The quantitative estimate of drug-likeness (QED) is 0.632. The van der Waals surface area contributed by atoms with Crippen LogP contribution in [-0.2, 0) is 16.0 Å². The number of aromatic amines is 1. The number of hydrogen-bond acceptors (Lipinski definition) is 4. The van der Waals surface area contributed by atoms with Crippen molar-refractivity contribution in [1.82, 2.24) is 25.7 Å². The van der Waals surface area contributed by atoms with Gasteiger partial charge in [0, 0.05) is 25.7 Å². The lowest BCUT2D eigenvalue weighted by molar-refractivity contribution is -0.130. The molecule has 1 unspecified atom stereocenters. The van der Waals surface area contributed by atoms with Gasteiger partial charge in [-0.15, -0.1) is 0 Å². The molecule has 0 saturated carbocycles. The van der Waals surface area contributed by atoms with Crippen LogP contribution in [0.3, 0.4) is 0 Å². The Morgan fingerprint density at radius 1 is 1.30 bits per heavy atom. The van der Waals surface area contributed by atoms with E-state index in [9.17, 15) is 14.4 Å². The molecule has 1 aliphatic heterocycles. The minimum absolute atomic E-state index is 0.0282. The number of nitrogens with zero attached hydrogens (tertiary/aromatic N) is 2. The summed E-state index contributed by atoms with van der Waals surface area (Å²) in [5.41, 5.74) is 3.27. The Morgan fingerprint density at radius 2 is 2.04 bits per heavy atom. The van der Waals surface area contributed by atoms with Crippen LogP contribution in [0.1, 0.15) is 36.2 Å². The highest BCUT2D eigenvalue weighted by Gasteiger charge is 2.29. The van der Waals surface area contributed by atoms with Crippen molar-refractivity contribution in [1.29, 1.82) is 0 Å². The maximum Gasteiger partial charge on any atom is 0.322 e. The van der Waals surface area contributed by atoms with Gasteiger partial charge in [0.15, 0.2) is 0 Å². The van der Waals surface area contributed by atoms with E-state index in [1.807, 2.05) is 13.8 Å². The Hall–Kier alpha value is -2.38. The first-order chi connectivity index (χ1) is 10.9. The van der Waals surface area contributed by atoms with Crippen LogP contribution in [0.5, 0.6) is 0 Å². The highest BCUT2D eigenvalue weighted by Crippen LogP contribution is 2.12. The lowest BCUT2D eigenvalue weighted by Gasteiger charge is -2.18. The minimum atomic E-state index is -0.601. The zero-order valence-electron chi connectivity index (χ0n) is 13.7. The molecule has 0 radical (unpaired) electrons. The van der Waals surface area contributed by atoms with E-state index >= 15 is 0 Å². The summed E-state index contributed by atoms with van der Waals surface area (Å²) in [4.78, 5) is 36.2. The van der Waals surface area contributed by atoms with Crippen LogP contribution < -0.4 is 10.6 Å². The number of nitrogens with one attached hydrogen (secondary N) is 3. The molecule has 8 nitrogen and oxygen atoms in total. The summed E-state index contributed by atoms with van der Waals surface area (Å²) in [6.07, 6.45) is 2.27. The lowest BCUT2D eigenvalue weighted by atomic mass is 10.1. The van der Waals surface area contributed by atoms with Crippen LogP contribution in [0.4, 0.5) is 4.79 Å². The van der Waals surface area contributed by atoms with Gasteiger partial charge >= 0.3 is 6.03 Å². The van der Waals surface area contributed by atoms with Crippen LogP contribution in [-0.4, -0.2) is 52.6 Å². The molecule has 3 N–H and O–H groups in total. The Balaban J connectivity index is 1.71. The maximum atomic E-state index is 12.1. The molecule has 0 bridgehead atoms. The van der Waals surface area contributed by atoms with Gasteiger partial charge in [0.25, 0.3) is 5.91 Å². The number of rotatable bonds is 7. The van der Waals surface area contributed by atoms with Crippen LogP contribution >= 0.6 is 0 Å². The normalized spacial score (nSPS) is 17.1. The zero-order chi connectivity index (χ0) is 17.0. The third-order valence-electron chi connectivity index (χ3n) is 4.13. The summed E-state index contributed by atoms with van der Waals surface area (Å²) in [6.45, 7) is 4.60. The summed E-state index contributed by atoms with van der Waals surface area (Å²) in [5.74, 6) is -0.393. The number of amides is 4. The number of aryl methyl sites for hydroxylation is 2. The number of aromatic nitrogens is 2. The number of imide groups is 1. The highest BCUT2D eigenvalue weighted by molar-refractivity contribution is 6.04. The molecule has 2 rings (SSSR count). The summed E-state index contributed by atoms with van der Waals surface area (Å²) in [7, 11) is 1.75. The number of H-pyrrole nitrogens is 1. The van der Waals surface area contributed by atoms with Gasteiger partial charge in [-0.3, -0.25) is 20.0 Å². The van der Waals surface area contributed by atoms with E-state index < -0.39 is 12.1 Å². The monoisotopic (exact) mass is 321 g/mol. The molecular formula is C15H23N5O3. The summed E-state index contributed by atoms with van der Waals surface area (Å²) < 4.78 is 0. The van der Waals surface area contributed by atoms with Crippen LogP contribution in [0, 0.1) is 13.8 Å². The second-order valence-corrected chi connectivity index (χ2v) is 5.89. The zero-order valence-corrected chi connectivity index (χ0v) is 13.7. The molecular weight excluding hydrogens is 298 g/mol. The van der Waals surface area contributed by atoms with Crippen molar-refractivity contribution in [3.8, 4) is 0 Å². The van der Waals surface area contributed by atoms with E-state index in [1.165, 1.54) is 5.56 Å². The van der Waals surface area contributed by atoms with Gasteiger partial charge in [-0.25, -0.2) is 4.79 Å². The molecule has 126 valence electrons. The summed E-state index contributed by atoms with van der Waals surface area (Å²) in [6, 6.07) is -1.09. The van der Waals surface area contributed by atoms with Crippen molar-refractivity contribution in [3.05, 3.63) is 17.0 Å². The van der Waals surface area contributed by atoms with Gasteiger partial charge in [-0.05, 0) is 38.7 Å². The van der Waals surface area contributed by atoms with E-state index in [0.29, 0.717) is 13.0 Å². The Labute approximate surface area is 135 Å². The lowest BCUT2D eigenvalue weighted by Crippen LogP contribution is -2.33. The second kappa shape index (κ2) is 7.26. The molecule has 0 aliphatic carbocycles. The average molecular weight is 321 g/mol. The van der Waals surface area contributed by atoms with Gasteiger partial charge in [0.05, 0.1) is 5.69 Å². The van der Waals surface area contributed by atoms with Gasteiger partial charge in [-0.2, -0.15) is 5.10 Å². The molecule has 0 aromatic carbocycles. The minimum Gasteiger partial charge on any atom is -0.346 e. The van der Waals surface area contributed by atoms with Gasteiger partial charge in [-0.1, -0.05) is 0 Å². The summed E-state index contributed by atoms with van der Waals surface area (Å²) >= 11 is 0. The smallest absolute Gasteiger partial charge is 0.322 e. The van der Waals surface area contributed by atoms with E-state index in [1.54, 1.807) is 11.9 Å². The second-order valence-electron chi connectivity index (χ2n) is 5.89. The van der Waals surface area contributed by atoms with E-state index in [-0.39, 0.29) is 18.2 Å². The third kappa shape index (κ3) is 4.30. The van der Waals surface area contributed by atoms with E-state index in [2.05, 4.69) is 20.8 Å². The Bertz CT molecular complexity index is 591. The van der Waals surface area contributed by atoms with Crippen molar-refractivity contribution in [2.45, 2.75) is 45.6 Å². The molecule has 1 atom stereocenters. The fourth-order valence-electron chi connectivity index (χ4n) is 2.68. The molecule has 1 saturated heterocycles. The largest absolute Gasteiger partial charge is 0.346 e. The van der Waals surface area contributed by atoms with Crippen molar-refractivity contribution < 1.29 is 14.4 Å². The van der Waals surface area contributed by atoms with Crippen LogP contribution in [0.2, 0.25) is 0 Å². The maximum absolute atomic E-state index is 12.1. The molecule has 1 aromatic rings. The average Bonchev–Trinajstić information content (AvgIpc) is 2.99. The van der Waals surface area contributed by atoms with Crippen LogP contribution in [0.15, 0.2) is 0 Å². The van der Waals surface area contributed by atoms with Gasteiger partial charge < -0.3 is 10.2 Å². The highest BCUT2D eigenvalue weighted by atomic mass is 16.2. The van der Waals surface area contributed by atoms with Crippen molar-refractivity contribution in [2.75, 3.05) is 13.6 Å². The molecule has 1 fully saturated rings. The fourth-order valence-corrected chi connectivity index (χ4v) is 2.68. The first-order valence-electron chi connectivity index (χ1n) is 7.74. The van der Waals surface area contributed by atoms with Crippen LogP contribution in [0.25, 0.3) is 0 Å². The number of carbonyl (C=O) groups is 3. The van der Waals surface area contributed by atoms with Gasteiger partial charge in [0.1, 0.15) is 6.04 Å². The first-order valence-corrected chi connectivity index (χ1v) is 7.74. The predicted octanol–water partition coefficient (Wildman–Crippen LogP) is 0.406. The Kier molecular flexibility index (Phi) is 5.36. The molecule has 23 heavy (non-hydrogen) atoms. The summed E-state index contributed by atoms with van der Waals surface area (Å²) in [5, 5.41) is 11.8.